The second kappa shape index (κ2) is 11.1. The highest BCUT2D eigenvalue weighted by molar-refractivity contribution is 5.89. The number of nitro groups is 1. The van der Waals surface area contributed by atoms with Crippen LogP contribution in [0.3, 0.4) is 0 Å². The van der Waals surface area contributed by atoms with E-state index >= 15 is 0 Å². The third-order valence-electron chi connectivity index (χ3n) is 8.12. The molecule has 192 valence electrons. The van der Waals surface area contributed by atoms with Crippen molar-refractivity contribution in [1.82, 2.24) is 15.1 Å². The average molecular weight is 490 g/mol. The standard InChI is InChI=1S/C29H39N5O2/c1-22(2)32-16-14-31(15-17-32)13-10-30-27-8-11-33(12-9-27)28-5-3-4-23(20-28)25-18-24-6-7-29(34(35)36)21-26(24)19-25/h3-7,18,20-22,27,30H,8-17,19H2,1-2H3. The van der Waals surface area contributed by atoms with E-state index in [-0.39, 0.29) is 10.6 Å². The van der Waals surface area contributed by atoms with Gasteiger partial charge in [0.2, 0.25) is 0 Å². The summed E-state index contributed by atoms with van der Waals surface area (Å²) in [6, 6.07) is 15.2. The Hall–Kier alpha value is -2.74. The van der Waals surface area contributed by atoms with E-state index in [0.717, 1.165) is 43.7 Å². The van der Waals surface area contributed by atoms with Gasteiger partial charge in [-0.2, -0.15) is 0 Å². The first-order valence-electron chi connectivity index (χ1n) is 13.5. The second-order valence-electron chi connectivity index (χ2n) is 10.7. The summed E-state index contributed by atoms with van der Waals surface area (Å²) in [5.74, 6) is 0. The lowest BCUT2D eigenvalue weighted by Crippen LogP contribution is -2.51. The van der Waals surface area contributed by atoms with Crippen LogP contribution in [0.5, 0.6) is 0 Å². The minimum absolute atomic E-state index is 0.169. The van der Waals surface area contributed by atoms with Crippen LogP contribution in [0.15, 0.2) is 42.5 Å². The Morgan fingerprint density at radius 2 is 1.81 bits per heavy atom. The number of rotatable bonds is 8. The maximum atomic E-state index is 11.1. The summed E-state index contributed by atoms with van der Waals surface area (Å²) in [5, 5.41) is 14.9. The molecule has 0 spiro atoms. The molecule has 0 bridgehead atoms. The highest BCUT2D eigenvalue weighted by atomic mass is 16.6. The molecule has 2 fully saturated rings. The van der Waals surface area contributed by atoms with Gasteiger partial charge in [0, 0.05) is 82.3 Å². The molecule has 2 heterocycles. The molecule has 0 saturated carbocycles. The van der Waals surface area contributed by atoms with Crippen molar-refractivity contribution in [2.45, 2.75) is 45.2 Å². The van der Waals surface area contributed by atoms with Gasteiger partial charge in [-0.15, -0.1) is 0 Å². The number of non-ortho nitro benzene ring substituents is 1. The van der Waals surface area contributed by atoms with E-state index in [9.17, 15) is 10.1 Å². The molecule has 0 atom stereocenters. The number of nitro benzene ring substituents is 1. The molecule has 7 heteroatoms. The van der Waals surface area contributed by atoms with Crippen molar-refractivity contribution in [2.75, 3.05) is 57.3 Å². The molecule has 0 unspecified atom stereocenters. The summed E-state index contributed by atoms with van der Waals surface area (Å²) in [6.45, 7) is 13.7. The Bertz CT molecular complexity index is 1100. The van der Waals surface area contributed by atoms with Crippen molar-refractivity contribution in [1.29, 1.82) is 0 Å². The van der Waals surface area contributed by atoms with Crippen molar-refractivity contribution < 1.29 is 4.92 Å². The maximum Gasteiger partial charge on any atom is 0.269 e. The molecule has 7 nitrogen and oxygen atoms in total. The van der Waals surface area contributed by atoms with E-state index in [1.165, 1.54) is 55.8 Å². The molecule has 0 amide bonds. The normalized spacial score (nSPS) is 19.5. The Balaban J connectivity index is 1.09. The number of benzene rings is 2. The van der Waals surface area contributed by atoms with E-state index in [1.54, 1.807) is 12.1 Å². The highest BCUT2D eigenvalue weighted by Crippen LogP contribution is 2.35. The quantitative estimate of drug-likeness (QED) is 0.441. The average Bonchev–Trinajstić information content (AvgIpc) is 3.33. The summed E-state index contributed by atoms with van der Waals surface area (Å²) >= 11 is 0. The molecule has 2 aromatic carbocycles. The smallest absolute Gasteiger partial charge is 0.269 e. The predicted octanol–water partition coefficient (Wildman–Crippen LogP) is 4.28. The van der Waals surface area contributed by atoms with Gasteiger partial charge < -0.3 is 10.2 Å². The Morgan fingerprint density at radius 1 is 1.03 bits per heavy atom. The molecule has 1 N–H and O–H groups in total. The number of hydrogen-bond donors (Lipinski definition) is 1. The molecule has 1 aliphatic carbocycles. The van der Waals surface area contributed by atoms with Gasteiger partial charge in [0.25, 0.3) is 5.69 Å². The van der Waals surface area contributed by atoms with Gasteiger partial charge in [-0.1, -0.05) is 18.2 Å². The maximum absolute atomic E-state index is 11.1. The van der Waals surface area contributed by atoms with E-state index in [2.05, 4.69) is 64.2 Å². The molecule has 0 radical (unpaired) electrons. The molecule has 3 aliphatic rings. The van der Waals surface area contributed by atoms with Crippen molar-refractivity contribution in [3.05, 3.63) is 69.3 Å². The number of piperidine rings is 1. The topological polar surface area (TPSA) is 64.9 Å². The van der Waals surface area contributed by atoms with Crippen LogP contribution >= 0.6 is 0 Å². The fourth-order valence-electron chi connectivity index (χ4n) is 5.80. The van der Waals surface area contributed by atoms with Gasteiger partial charge >= 0.3 is 0 Å². The third kappa shape index (κ3) is 5.80. The van der Waals surface area contributed by atoms with Crippen molar-refractivity contribution in [3.8, 4) is 0 Å². The molecule has 5 rings (SSSR count). The van der Waals surface area contributed by atoms with Crippen LogP contribution in [0, 0.1) is 10.1 Å². The number of allylic oxidation sites excluding steroid dienone is 1. The van der Waals surface area contributed by atoms with Crippen LogP contribution in [-0.4, -0.2) is 79.2 Å². The summed E-state index contributed by atoms with van der Waals surface area (Å²) in [5.41, 5.74) is 6.02. The van der Waals surface area contributed by atoms with Crippen molar-refractivity contribution >= 4 is 23.0 Å². The van der Waals surface area contributed by atoms with Gasteiger partial charge in [-0.3, -0.25) is 19.9 Å². The zero-order chi connectivity index (χ0) is 25.1. The molecule has 2 aromatic rings. The van der Waals surface area contributed by atoms with Gasteiger partial charge in [0.05, 0.1) is 4.92 Å². The van der Waals surface area contributed by atoms with E-state index < -0.39 is 0 Å². The Labute approximate surface area is 214 Å². The van der Waals surface area contributed by atoms with Crippen LogP contribution in [0.2, 0.25) is 0 Å². The van der Waals surface area contributed by atoms with Crippen molar-refractivity contribution in [2.24, 2.45) is 0 Å². The highest BCUT2D eigenvalue weighted by Gasteiger charge is 2.22. The molecular weight excluding hydrogens is 450 g/mol. The molecular formula is C29H39N5O2. The molecule has 36 heavy (non-hydrogen) atoms. The Morgan fingerprint density at radius 3 is 2.53 bits per heavy atom. The third-order valence-corrected chi connectivity index (χ3v) is 8.12. The summed E-state index contributed by atoms with van der Waals surface area (Å²) in [7, 11) is 0. The summed E-state index contributed by atoms with van der Waals surface area (Å²) < 4.78 is 0. The molecule has 0 aromatic heterocycles. The lowest BCUT2D eigenvalue weighted by Gasteiger charge is -2.37. The number of nitrogens with zero attached hydrogens (tertiary/aromatic N) is 4. The second-order valence-corrected chi connectivity index (χ2v) is 10.7. The minimum Gasteiger partial charge on any atom is -0.371 e. The fraction of sp³-hybridized carbons (Fsp3) is 0.517. The number of piperazine rings is 1. The number of fused-ring (bicyclic) bond motifs is 1. The first kappa shape index (κ1) is 24.9. The fourth-order valence-corrected chi connectivity index (χ4v) is 5.80. The van der Waals surface area contributed by atoms with Crippen LogP contribution in [0.4, 0.5) is 11.4 Å². The number of hydrogen-bond acceptors (Lipinski definition) is 6. The summed E-state index contributed by atoms with van der Waals surface area (Å²) in [6.07, 6.45) is 5.27. The lowest BCUT2D eigenvalue weighted by atomic mass is 10.0. The van der Waals surface area contributed by atoms with Gasteiger partial charge in [0.15, 0.2) is 0 Å². The van der Waals surface area contributed by atoms with Crippen molar-refractivity contribution in [3.63, 3.8) is 0 Å². The first-order chi connectivity index (χ1) is 17.5. The van der Waals surface area contributed by atoms with E-state index in [4.69, 9.17) is 0 Å². The van der Waals surface area contributed by atoms with Gasteiger partial charge in [-0.05, 0) is 73.6 Å². The minimum atomic E-state index is -0.314. The van der Waals surface area contributed by atoms with Crippen LogP contribution in [-0.2, 0) is 6.42 Å². The molecule has 2 aliphatic heterocycles. The zero-order valence-corrected chi connectivity index (χ0v) is 21.7. The zero-order valence-electron chi connectivity index (χ0n) is 21.7. The predicted molar refractivity (Wildman–Crippen MR) is 148 cm³/mol. The van der Waals surface area contributed by atoms with Crippen LogP contribution in [0.25, 0.3) is 11.6 Å². The number of nitrogens with one attached hydrogen (secondary N) is 1. The number of anilines is 1. The Kier molecular flexibility index (Phi) is 7.70. The SMILES string of the molecule is CC(C)N1CCN(CCNC2CCN(c3cccc(C4=Cc5ccc([N+](=O)[O-])cc5C4)c3)CC2)CC1. The van der Waals surface area contributed by atoms with Gasteiger partial charge in [-0.25, -0.2) is 0 Å². The van der Waals surface area contributed by atoms with E-state index in [1.807, 2.05) is 6.07 Å². The van der Waals surface area contributed by atoms with Gasteiger partial charge in [0.1, 0.15) is 0 Å². The first-order valence-corrected chi connectivity index (χ1v) is 13.5. The monoisotopic (exact) mass is 489 g/mol. The molecule has 2 saturated heterocycles. The lowest BCUT2D eigenvalue weighted by molar-refractivity contribution is -0.384. The van der Waals surface area contributed by atoms with Crippen LogP contribution < -0.4 is 10.2 Å². The largest absolute Gasteiger partial charge is 0.371 e. The van der Waals surface area contributed by atoms with E-state index in [0.29, 0.717) is 12.1 Å². The summed E-state index contributed by atoms with van der Waals surface area (Å²) in [4.78, 5) is 18.5. The van der Waals surface area contributed by atoms with Crippen LogP contribution in [0.1, 0.15) is 43.4 Å².